The van der Waals surface area contributed by atoms with Gasteiger partial charge in [0, 0.05) is 32.8 Å². The van der Waals surface area contributed by atoms with Crippen LogP contribution >= 0.6 is 24.0 Å². The summed E-state index contributed by atoms with van der Waals surface area (Å²) in [4.78, 5) is 8.61. The molecule has 2 N–H and O–H groups in total. The van der Waals surface area contributed by atoms with Gasteiger partial charge in [-0.1, -0.05) is 30.3 Å². The van der Waals surface area contributed by atoms with Gasteiger partial charge in [-0.15, -0.1) is 24.0 Å². The molecule has 0 aliphatic carbocycles. The van der Waals surface area contributed by atoms with Crippen molar-refractivity contribution in [1.82, 2.24) is 15.6 Å². The second kappa shape index (κ2) is 12.3. The molecule has 7 heteroatoms. The van der Waals surface area contributed by atoms with Gasteiger partial charge in [-0.2, -0.15) is 0 Å². The predicted octanol–water partition coefficient (Wildman–Crippen LogP) is 4.12. The van der Waals surface area contributed by atoms with Crippen LogP contribution in [0, 0.1) is 0 Å². The molecular weight excluding hydrogens is 515 g/mol. The molecular formula is C25H29IN4O2. The fourth-order valence-electron chi connectivity index (χ4n) is 3.51. The van der Waals surface area contributed by atoms with Crippen molar-refractivity contribution >= 4 is 29.9 Å². The zero-order valence-corrected chi connectivity index (χ0v) is 20.5. The Hall–Kier alpha value is -2.81. The van der Waals surface area contributed by atoms with E-state index in [2.05, 4.69) is 44.9 Å². The van der Waals surface area contributed by atoms with E-state index in [1.165, 1.54) is 11.1 Å². The van der Waals surface area contributed by atoms with Gasteiger partial charge in [0.1, 0.15) is 18.1 Å². The van der Waals surface area contributed by atoms with Gasteiger partial charge >= 0.3 is 0 Å². The maximum absolute atomic E-state index is 5.87. The summed E-state index contributed by atoms with van der Waals surface area (Å²) in [6.45, 7) is 2.72. The third-order valence-electron chi connectivity index (χ3n) is 5.15. The maximum Gasteiger partial charge on any atom is 0.191 e. The quantitative estimate of drug-likeness (QED) is 0.254. The number of aromatic nitrogens is 1. The highest BCUT2D eigenvalue weighted by atomic mass is 127. The van der Waals surface area contributed by atoms with E-state index in [0.717, 1.165) is 54.7 Å². The van der Waals surface area contributed by atoms with Gasteiger partial charge in [0.15, 0.2) is 5.96 Å². The summed E-state index contributed by atoms with van der Waals surface area (Å²) in [6, 6.07) is 20.3. The van der Waals surface area contributed by atoms with Gasteiger partial charge in [-0.3, -0.25) is 9.98 Å². The number of fused-ring (bicyclic) bond motifs is 1. The molecule has 0 saturated heterocycles. The standard InChI is InChI=1S/C25H28N4O2.HI/c1-26-25(28-13-10-19-8-9-24-21(15-19)11-14-30-24)29-17-20-5-4-7-23(16-20)31-18-22-6-2-3-12-27-22;/h2-9,12,15-16H,10-11,13-14,17-18H2,1H3,(H2,26,28,29);1H. The Balaban J connectivity index is 0.00000289. The van der Waals surface area contributed by atoms with Crippen LogP contribution in [-0.4, -0.2) is 31.1 Å². The number of aliphatic imine (C=N–C) groups is 1. The van der Waals surface area contributed by atoms with Crippen LogP contribution in [0.4, 0.5) is 0 Å². The molecule has 168 valence electrons. The zero-order chi connectivity index (χ0) is 21.3. The lowest BCUT2D eigenvalue weighted by Crippen LogP contribution is -2.37. The number of rotatable bonds is 8. The number of hydrogen-bond donors (Lipinski definition) is 2. The minimum Gasteiger partial charge on any atom is -0.493 e. The first-order chi connectivity index (χ1) is 15.3. The van der Waals surface area contributed by atoms with Crippen molar-refractivity contribution in [3.63, 3.8) is 0 Å². The van der Waals surface area contributed by atoms with Gasteiger partial charge in [-0.25, -0.2) is 0 Å². The number of hydrogen-bond acceptors (Lipinski definition) is 4. The molecule has 0 spiro atoms. The van der Waals surface area contributed by atoms with Gasteiger partial charge in [-0.05, 0) is 53.4 Å². The van der Waals surface area contributed by atoms with Crippen molar-refractivity contribution in [3.8, 4) is 11.5 Å². The second-order valence-electron chi connectivity index (χ2n) is 7.40. The topological polar surface area (TPSA) is 67.8 Å². The van der Waals surface area contributed by atoms with E-state index in [0.29, 0.717) is 13.2 Å². The third-order valence-corrected chi connectivity index (χ3v) is 5.15. The fourth-order valence-corrected chi connectivity index (χ4v) is 3.51. The van der Waals surface area contributed by atoms with Crippen LogP contribution in [0.5, 0.6) is 11.5 Å². The highest BCUT2D eigenvalue weighted by Crippen LogP contribution is 2.25. The van der Waals surface area contributed by atoms with E-state index in [1.54, 1.807) is 13.2 Å². The Morgan fingerprint density at radius 2 is 2.00 bits per heavy atom. The number of halogens is 1. The van der Waals surface area contributed by atoms with Crippen LogP contribution in [0.15, 0.2) is 71.9 Å². The predicted molar refractivity (Wildman–Crippen MR) is 138 cm³/mol. The van der Waals surface area contributed by atoms with E-state index < -0.39 is 0 Å². The van der Waals surface area contributed by atoms with E-state index in [4.69, 9.17) is 9.47 Å². The zero-order valence-electron chi connectivity index (χ0n) is 18.2. The molecule has 1 aliphatic heterocycles. The molecule has 0 bridgehead atoms. The van der Waals surface area contributed by atoms with Crippen molar-refractivity contribution in [2.75, 3.05) is 20.2 Å². The van der Waals surface area contributed by atoms with E-state index in [-0.39, 0.29) is 24.0 Å². The van der Waals surface area contributed by atoms with E-state index >= 15 is 0 Å². The van der Waals surface area contributed by atoms with E-state index in [9.17, 15) is 0 Å². The van der Waals surface area contributed by atoms with Crippen LogP contribution < -0.4 is 20.1 Å². The Labute approximate surface area is 206 Å². The number of ether oxygens (including phenoxy) is 2. The van der Waals surface area contributed by atoms with Crippen molar-refractivity contribution < 1.29 is 9.47 Å². The monoisotopic (exact) mass is 544 g/mol. The molecule has 0 fully saturated rings. The van der Waals surface area contributed by atoms with Crippen molar-refractivity contribution in [1.29, 1.82) is 0 Å². The highest BCUT2D eigenvalue weighted by Gasteiger charge is 2.11. The first kappa shape index (κ1) is 23.8. The Bertz CT molecular complexity index is 1030. The molecule has 2 aromatic carbocycles. The van der Waals surface area contributed by atoms with Crippen molar-refractivity contribution in [2.45, 2.75) is 26.0 Å². The molecule has 0 amide bonds. The molecule has 1 aliphatic rings. The van der Waals surface area contributed by atoms with Crippen molar-refractivity contribution in [3.05, 3.63) is 89.2 Å². The number of guanidine groups is 1. The molecule has 0 radical (unpaired) electrons. The number of nitrogens with one attached hydrogen (secondary N) is 2. The number of nitrogens with zero attached hydrogens (tertiary/aromatic N) is 2. The normalized spacial score (nSPS) is 12.3. The van der Waals surface area contributed by atoms with Crippen LogP contribution in [0.3, 0.4) is 0 Å². The lowest BCUT2D eigenvalue weighted by molar-refractivity contribution is 0.301. The van der Waals surface area contributed by atoms with Gasteiger partial charge < -0.3 is 20.1 Å². The minimum absolute atomic E-state index is 0. The first-order valence-corrected chi connectivity index (χ1v) is 10.6. The summed E-state index contributed by atoms with van der Waals surface area (Å²) in [7, 11) is 1.79. The molecule has 6 nitrogen and oxygen atoms in total. The van der Waals surface area contributed by atoms with Crippen LogP contribution in [0.25, 0.3) is 0 Å². The summed E-state index contributed by atoms with van der Waals surface area (Å²) >= 11 is 0. The summed E-state index contributed by atoms with van der Waals surface area (Å²) in [5.41, 5.74) is 4.65. The molecule has 0 atom stereocenters. The largest absolute Gasteiger partial charge is 0.493 e. The molecule has 3 aromatic rings. The molecule has 1 aromatic heterocycles. The second-order valence-corrected chi connectivity index (χ2v) is 7.40. The van der Waals surface area contributed by atoms with Gasteiger partial charge in [0.2, 0.25) is 0 Å². The lowest BCUT2D eigenvalue weighted by atomic mass is 10.1. The van der Waals surface area contributed by atoms with Gasteiger partial charge in [0.05, 0.1) is 12.3 Å². The smallest absolute Gasteiger partial charge is 0.191 e. The Morgan fingerprint density at radius 3 is 2.84 bits per heavy atom. The van der Waals surface area contributed by atoms with Crippen LogP contribution in [-0.2, 0) is 26.0 Å². The van der Waals surface area contributed by atoms with E-state index in [1.807, 2.05) is 36.4 Å². The average Bonchev–Trinajstić information content (AvgIpc) is 3.29. The molecule has 4 rings (SSSR count). The molecule has 0 saturated carbocycles. The molecule has 0 unspecified atom stereocenters. The molecule has 32 heavy (non-hydrogen) atoms. The summed E-state index contributed by atoms with van der Waals surface area (Å²) in [5.74, 6) is 2.64. The average molecular weight is 544 g/mol. The number of benzene rings is 2. The van der Waals surface area contributed by atoms with Crippen LogP contribution in [0.1, 0.15) is 22.4 Å². The summed E-state index contributed by atoms with van der Waals surface area (Å²) < 4.78 is 11.4. The first-order valence-electron chi connectivity index (χ1n) is 10.6. The van der Waals surface area contributed by atoms with Crippen LogP contribution in [0.2, 0.25) is 0 Å². The van der Waals surface area contributed by atoms with Gasteiger partial charge in [0.25, 0.3) is 0 Å². The SMILES string of the molecule is CN=C(NCCc1ccc2c(c1)CCO2)NCc1cccc(OCc2ccccn2)c1.I. The molecule has 2 heterocycles. The lowest BCUT2D eigenvalue weighted by Gasteiger charge is -2.13. The highest BCUT2D eigenvalue weighted by molar-refractivity contribution is 14.0. The number of pyridine rings is 1. The maximum atomic E-state index is 5.87. The van der Waals surface area contributed by atoms with Crippen molar-refractivity contribution in [2.24, 2.45) is 4.99 Å². The third kappa shape index (κ3) is 6.85. The fraction of sp³-hybridized carbons (Fsp3) is 0.280. The Morgan fingerprint density at radius 1 is 1.06 bits per heavy atom. The minimum atomic E-state index is 0. The summed E-state index contributed by atoms with van der Waals surface area (Å²) in [6.07, 6.45) is 3.71. The summed E-state index contributed by atoms with van der Waals surface area (Å²) in [5, 5.41) is 6.75. The Kier molecular flexibility index (Phi) is 9.15.